The van der Waals surface area contributed by atoms with Crippen LogP contribution in [-0.4, -0.2) is 50.3 Å². The normalized spacial score (nSPS) is 24.9. The van der Waals surface area contributed by atoms with E-state index in [0.29, 0.717) is 6.04 Å². The molecular weight excluding hydrogens is 314 g/mol. The minimum absolute atomic E-state index is 0.00289. The Morgan fingerprint density at radius 3 is 2.72 bits per heavy atom. The predicted molar refractivity (Wildman–Crippen MR) is 97.7 cm³/mol. The topological polar surface area (TPSA) is 53.6 Å². The van der Waals surface area contributed by atoms with Crippen LogP contribution in [0.1, 0.15) is 49.3 Å². The van der Waals surface area contributed by atoms with Gasteiger partial charge in [0.15, 0.2) is 0 Å². The molecule has 1 atom stereocenters. The van der Waals surface area contributed by atoms with E-state index in [1.54, 1.807) is 7.11 Å². The smallest absolute Gasteiger partial charge is 0.315 e. The summed E-state index contributed by atoms with van der Waals surface area (Å²) in [7, 11) is 1.77. The van der Waals surface area contributed by atoms with Crippen LogP contribution in [0.25, 0.3) is 0 Å². The SMILES string of the molecule is COCCN1CCC2(CC1)CC(NC(=O)NC1CC1)c1ccccc12. The molecular formula is C20H29N3O2. The van der Waals surface area contributed by atoms with Crippen molar-refractivity contribution in [3.8, 4) is 0 Å². The maximum Gasteiger partial charge on any atom is 0.315 e. The molecule has 1 unspecified atom stereocenters. The van der Waals surface area contributed by atoms with Crippen molar-refractivity contribution >= 4 is 6.03 Å². The maximum absolute atomic E-state index is 12.3. The van der Waals surface area contributed by atoms with Crippen molar-refractivity contribution in [3.63, 3.8) is 0 Å². The van der Waals surface area contributed by atoms with Crippen LogP contribution >= 0.6 is 0 Å². The summed E-state index contributed by atoms with van der Waals surface area (Å²) in [5.41, 5.74) is 2.99. The fraction of sp³-hybridized carbons (Fsp3) is 0.650. The molecule has 1 saturated carbocycles. The standard InChI is InChI=1S/C20H29N3O2/c1-25-13-12-23-10-8-20(9-11-23)14-18(16-4-2-3-5-17(16)20)22-19(24)21-15-6-7-15/h2-5,15,18H,6-14H2,1H3,(H2,21,22,24). The van der Waals surface area contributed by atoms with E-state index in [1.807, 2.05) is 0 Å². The summed E-state index contributed by atoms with van der Waals surface area (Å²) in [5, 5.41) is 6.30. The molecule has 1 spiro atoms. The number of likely N-dealkylation sites (tertiary alicyclic amines) is 1. The van der Waals surface area contributed by atoms with Crippen LogP contribution in [0, 0.1) is 0 Å². The van der Waals surface area contributed by atoms with Crippen molar-refractivity contribution in [1.29, 1.82) is 0 Å². The molecule has 2 N–H and O–H groups in total. The van der Waals surface area contributed by atoms with E-state index in [1.165, 1.54) is 11.1 Å². The number of fused-ring (bicyclic) bond motifs is 2. The van der Waals surface area contributed by atoms with Gasteiger partial charge in [0.2, 0.25) is 0 Å². The van der Waals surface area contributed by atoms with Gasteiger partial charge in [0.05, 0.1) is 12.6 Å². The monoisotopic (exact) mass is 343 g/mol. The molecule has 1 aromatic carbocycles. The zero-order chi connectivity index (χ0) is 17.3. The molecule has 1 aromatic rings. The lowest BCUT2D eigenvalue weighted by Crippen LogP contribution is -2.43. The molecule has 5 nitrogen and oxygen atoms in total. The molecule has 2 fully saturated rings. The molecule has 1 heterocycles. The molecule has 5 heteroatoms. The summed E-state index contributed by atoms with van der Waals surface area (Å²) in [6.45, 7) is 4.03. The molecule has 3 aliphatic rings. The Morgan fingerprint density at radius 2 is 2.00 bits per heavy atom. The molecule has 0 aromatic heterocycles. The number of amides is 2. The lowest BCUT2D eigenvalue weighted by atomic mass is 9.73. The molecule has 4 rings (SSSR count). The lowest BCUT2D eigenvalue weighted by molar-refractivity contribution is 0.107. The van der Waals surface area contributed by atoms with Crippen LogP contribution < -0.4 is 10.6 Å². The number of hydrogen-bond acceptors (Lipinski definition) is 3. The van der Waals surface area contributed by atoms with E-state index in [9.17, 15) is 4.79 Å². The van der Waals surface area contributed by atoms with Gasteiger partial charge in [-0.3, -0.25) is 0 Å². The number of carbonyl (C=O) groups excluding carboxylic acids is 1. The van der Waals surface area contributed by atoms with E-state index < -0.39 is 0 Å². The van der Waals surface area contributed by atoms with Crippen molar-refractivity contribution in [3.05, 3.63) is 35.4 Å². The number of hydrogen-bond donors (Lipinski definition) is 2. The van der Waals surface area contributed by atoms with Crippen molar-refractivity contribution in [2.24, 2.45) is 0 Å². The third-order valence-electron chi connectivity index (χ3n) is 6.15. The van der Waals surface area contributed by atoms with Gasteiger partial charge in [0.1, 0.15) is 0 Å². The Balaban J connectivity index is 1.46. The van der Waals surface area contributed by atoms with Gasteiger partial charge in [-0.05, 0) is 56.3 Å². The number of piperidine rings is 1. The third-order valence-corrected chi connectivity index (χ3v) is 6.15. The van der Waals surface area contributed by atoms with Gasteiger partial charge in [0.25, 0.3) is 0 Å². The van der Waals surface area contributed by atoms with Gasteiger partial charge in [-0.2, -0.15) is 0 Å². The quantitative estimate of drug-likeness (QED) is 0.864. The lowest BCUT2D eigenvalue weighted by Gasteiger charge is -2.40. The Labute approximate surface area is 150 Å². The Kier molecular flexibility index (Phi) is 4.69. The summed E-state index contributed by atoms with van der Waals surface area (Å²) in [4.78, 5) is 14.8. The fourth-order valence-electron chi connectivity index (χ4n) is 4.53. The van der Waals surface area contributed by atoms with Gasteiger partial charge in [0, 0.05) is 25.1 Å². The van der Waals surface area contributed by atoms with E-state index in [2.05, 4.69) is 39.8 Å². The second kappa shape index (κ2) is 6.96. The highest BCUT2D eigenvalue weighted by Crippen LogP contribution is 2.50. The molecule has 1 saturated heterocycles. The highest BCUT2D eigenvalue weighted by atomic mass is 16.5. The van der Waals surface area contributed by atoms with E-state index in [-0.39, 0.29) is 17.5 Å². The maximum atomic E-state index is 12.3. The molecule has 2 amide bonds. The van der Waals surface area contributed by atoms with Gasteiger partial charge in [-0.15, -0.1) is 0 Å². The van der Waals surface area contributed by atoms with E-state index >= 15 is 0 Å². The number of ether oxygens (including phenoxy) is 1. The molecule has 1 aliphatic heterocycles. The average molecular weight is 343 g/mol. The molecule has 0 radical (unpaired) electrons. The minimum Gasteiger partial charge on any atom is -0.383 e. The summed E-state index contributed by atoms with van der Waals surface area (Å²) in [5.74, 6) is 0. The van der Waals surface area contributed by atoms with Crippen LogP contribution in [0.2, 0.25) is 0 Å². The zero-order valence-electron chi connectivity index (χ0n) is 15.1. The average Bonchev–Trinajstić information content (AvgIpc) is 3.39. The highest BCUT2D eigenvalue weighted by Gasteiger charge is 2.45. The van der Waals surface area contributed by atoms with Crippen LogP contribution in [0.4, 0.5) is 4.79 Å². The van der Waals surface area contributed by atoms with E-state index in [4.69, 9.17) is 4.74 Å². The molecule has 136 valence electrons. The Morgan fingerprint density at radius 1 is 1.24 bits per heavy atom. The van der Waals surface area contributed by atoms with Crippen LogP contribution in [-0.2, 0) is 10.2 Å². The number of nitrogens with one attached hydrogen (secondary N) is 2. The second-order valence-corrected chi connectivity index (χ2v) is 7.85. The van der Waals surface area contributed by atoms with Crippen LogP contribution in [0.15, 0.2) is 24.3 Å². The summed E-state index contributed by atoms with van der Waals surface area (Å²) in [6.07, 6.45) is 5.60. The number of nitrogens with zero attached hydrogens (tertiary/aromatic N) is 1. The number of carbonyl (C=O) groups is 1. The van der Waals surface area contributed by atoms with Crippen molar-refractivity contribution < 1.29 is 9.53 Å². The number of rotatable bonds is 5. The van der Waals surface area contributed by atoms with Crippen LogP contribution in [0.3, 0.4) is 0 Å². The summed E-state index contributed by atoms with van der Waals surface area (Å²) < 4.78 is 5.22. The first kappa shape index (κ1) is 16.9. The van der Waals surface area contributed by atoms with Crippen molar-refractivity contribution in [2.75, 3.05) is 33.4 Å². The largest absolute Gasteiger partial charge is 0.383 e. The summed E-state index contributed by atoms with van der Waals surface area (Å²) in [6, 6.07) is 9.25. The van der Waals surface area contributed by atoms with Crippen molar-refractivity contribution in [1.82, 2.24) is 15.5 Å². The summed E-state index contributed by atoms with van der Waals surface area (Å²) >= 11 is 0. The van der Waals surface area contributed by atoms with Gasteiger partial charge in [-0.25, -0.2) is 4.79 Å². The zero-order valence-corrected chi connectivity index (χ0v) is 15.1. The molecule has 0 bridgehead atoms. The highest BCUT2D eigenvalue weighted by molar-refractivity contribution is 5.75. The first-order valence-electron chi connectivity index (χ1n) is 9.58. The fourth-order valence-corrected chi connectivity index (χ4v) is 4.53. The van der Waals surface area contributed by atoms with Gasteiger partial charge in [-0.1, -0.05) is 24.3 Å². The third kappa shape index (κ3) is 3.53. The number of urea groups is 1. The first-order chi connectivity index (χ1) is 12.2. The Bertz CT molecular complexity index is 621. The van der Waals surface area contributed by atoms with Gasteiger partial charge >= 0.3 is 6.03 Å². The first-order valence-corrected chi connectivity index (χ1v) is 9.58. The number of benzene rings is 1. The molecule has 25 heavy (non-hydrogen) atoms. The Hall–Kier alpha value is -1.59. The van der Waals surface area contributed by atoms with Gasteiger partial charge < -0.3 is 20.3 Å². The second-order valence-electron chi connectivity index (χ2n) is 7.85. The van der Waals surface area contributed by atoms with E-state index in [0.717, 1.165) is 58.3 Å². The molecule has 2 aliphatic carbocycles. The minimum atomic E-state index is -0.00289. The van der Waals surface area contributed by atoms with Crippen molar-refractivity contribution in [2.45, 2.75) is 49.6 Å². The van der Waals surface area contributed by atoms with Crippen LogP contribution in [0.5, 0.6) is 0 Å². The predicted octanol–water partition coefficient (Wildman–Crippen LogP) is 2.57. The number of methoxy groups -OCH3 is 1.